The fraction of sp³-hybridized carbons (Fsp3) is 0.348. The van der Waals surface area contributed by atoms with Gasteiger partial charge in [0.25, 0.3) is 5.56 Å². The van der Waals surface area contributed by atoms with Gasteiger partial charge >= 0.3 is 0 Å². The van der Waals surface area contributed by atoms with E-state index in [0.717, 1.165) is 23.1 Å². The number of sulfonamides is 1. The number of hydrogen-bond donors (Lipinski definition) is 0. The van der Waals surface area contributed by atoms with E-state index in [0.29, 0.717) is 17.9 Å². The van der Waals surface area contributed by atoms with E-state index in [1.54, 1.807) is 35.9 Å². The fourth-order valence-corrected chi connectivity index (χ4v) is 5.58. The van der Waals surface area contributed by atoms with Crippen molar-refractivity contribution in [2.75, 3.05) is 25.1 Å². The minimum atomic E-state index is -3.85. The molecule has 0 N–H and O–H groups in total. The number of benzene rings is 2. The highest BCUT2D eigenvalue weighted by atomic mass is 32.2. The first-order chi connectivity index (χ1) is 14.7. The maximum atomic E-state index is 13.6. The zero-order valence-electron chi connectivity index (χ0n) is 18.2. The van der Waals surface area contributed by atoms with Crippen molar-refractivity contribution in [3.05, 3.63) is 64.4 Å². The molecule has 8 heteroatoms. The van der Waals surface area contributed by atoms with E-state index >= 15 is 0 Å². The lowest BCUT2D eigenvalue weighted by atomic mass is 10.1. The topological polar surface area (TPSA) is 71.8 Å². The molecule has 1 aliphatic heterocycles. The highest BCUT2D eigenvalue weighted by Crippen LogP contribution is 2.34. The molecule has 0 atom stereocenters. The van der Waals surface area contributed by atoms with Crippen molar-refractivity contribution in [2.24, 2.45) is 7.05 Å². The van der Waals surface area contributed by atoms with E-state index in [4.69, 9.17) is 4.74 Å². The molecule has 31 heavy (non-hydrogen) atoms. The zero-order chi connectivity index (χ0) is 22.3. The van der Waals surface area contributed by atoms with Crippen molar-refractivity contribution in [1.82, 2.24) is 8.87 Å². The van der Waals surface area contributed by atoms with Crippen LogP contribution in [-0.4, -0.2) is 43.5 Å². The van der Waals surface area contributed by atoms with Crippen LogP contribution >= 0.6 is 0 Å². The van der Waals surface area contributed by atoms with Crippen LogP contribution in [0.25, 0.3) is 10.9 Å². The van der Waals surface area contributed by atoms with Gasteiger partial charge < -0.3 is 14.2 Å². The van der Waals surface area contributed by atoms with Crippen molar-refractivity contribution in [3.63, 3.8) is 0 Å². The Morgan fingerprint density at radius 2 is 1.84 bits per heavy atom. The predicted molar refractivity (Wildman–Crippen MR) is 122 cm³/mol. The van der Waals surface area contributed by atoms with Gasteiger partial charge in [-0.05, 0) is 43.5 Å². The highest BCUT2D eigenvalue weighted by molar-refractivity contribution is 7.89. The summed E-state index contributed by atoms with van der Waals surface area (Å²) in [6.45, 7) is 4.88. The number of aryl methyl sites for hydroxylation is 1. The second kappa shape index (κ2) is 8.01. The summed E-state index contributed by atoms with van der Waals surface area (Å²) in [5.41, 5.74) is 1.92. The van der Waals surface area contributed by atoms with Gasteiger partial charge in [0.05, 0.1) is 22.6 Å². The van der Waals surface area contributed by atoms with Crippen LogP contribution < -0.4 is 15.2 Å². The second-order valence-corrected chi connectivity index (χ2v) is 10.0. The number of fused-ring (bicyclic) bond motifs is 2. The average Bonchev–Trinajstić information content (AvgIpc) is 2.74. The molecule has 0 saturated carbocycles. The number of aromatic nitrogens is 1. The molecule has 1 aromatic heterocycles. The third kappa shape index (κ3) is 3.81. The SMILES string of the molecule is CC(C)N(Cc1cc2ccccc2n(C)c1=O)S(=O)(=O)c1ccc2c(c1)OCCN2C. The molecule has 1 aliphatic rings. The molecular formula is C23H27N3O4S. The van der Waals surface area contributed by atoms with Gasteiger partial charge in [-0.1, -0.05) is 18.2 Å². The monoisotopic (exact) mass is 441 g/mol. The fourth-order valence-electron chi connectivity index (χ4n) is 3.95. The van der Waals surface area contributed by atoms with Gasteiger partial charge in [-0.25, -0.2) is 8.42 Å². The van der Waals surface area contributed by atoms with Gasteiger partial charge in [0, 0.05) is 38.3 Å². The van der Waals surface area contributed by atoms with Crippen LogP contribution in [0.15, 0.2) is 58.2 Å². The molecule has 7 nitrogen and oxygen atoms in total. The van der Waals surface area contributed by atoms with E-state index in [2.05, 4.69) is 0 Å². The first-order valence-corrected chi connectivity index (χ1v) is 11.7. The Morgan fingerprint density at radius 1 is 1.10 bits per heavy atom. The Labute approximate surface area is 182 Å². The molecule has 0 bridgehead atoms. The molecule has 4 rings (SSSR count). The lowest BCUT2D eigenvalue weighted by molar-refractivity contribution is 0.309. The number of pyridine rings is 1. The number of anilines is 1. The summed E-state index contributed by atoms with van der Waals surface area (Å²) in [5, 5.41) is 0.894. The zero-order valence-corrected chi connectivity index (χ0v) is 19.0. The van der Waals surface area contributed by atoms with Crippen LogP contribution in [0.1, 0.15) is 19.4 Å². The number of hydrogen-bond acceptors (Lipinski definition) is 5. The summed E-state index contributed by atoms with van der Waals surface area (Å²) in [6.07, 6.45) is 0. The standard InChI is InChI=1S/C23H27N3O4S/c1-16(2)26(15-18-13-17-7-5-6-8-20(17)25(4)23(18)27)31(28,29)19-9-10-21-22(14-19)30-12-11-24(21)3/h5-10,13-14,16H,11-12,15H2,1-4H3. The van der Waals surface area contributed by atoms with Crippen LogP contribution in [-0.2, 0) is 23.6 Å². The van der Waals surface area contributed by atoms with Crippen molar-refractivity contribution in [1.29, 1.82) is 0 Å². The molecule has 2 heterocycles. The number of nitrogens with zero attached hydrogens (tertiary/aromatic N) is 3. The average molecular weight is 442 g/mol. The first-order valence-electron chi connectivity index (χ1n) is 10.3. The van der Waals surface area contributed by atoms with Crippen LogP contribution in [0, 0.1) is 0 Å². The lowest BCUT2D eigenvalue weighted by Crippen LogP contribution is -2.38. The quantitative estimate of drug-likeness (QED) is 0.609. The van der Waals surface area contributed by atoms with E-state index in [-0.39, 0.29) is 23.0 Å². The summed E-state index contributed by atoms with van der Waals surface area (Å²) in [7, 11) is -0.188. The molecule has 164 valence electrons. The molecule has 0 radical (unpaired) electrons. The molecule has 0 spiro atoms. The van der Waals surface area contributed by atoms with Crippen molar-refractivity contribution >= 4 is 26.6 Å². The van der Waals surface area contributed by atoms with Gasteiger partial charge in [0.2, 0.25) is 10.0 Å². The first kappa shape index (κ1) is 21.4. The van der Waals surface area contributed by atoms with Crippen molar-refractivity contribution < 1.29 is 13.2 Å². The van der Waals surface area contributed by atoms with E-state index in [1.165, 1.54) is 4.31 Å². The molecular weight excluding hydrogens is 414 g/mol. The number of ether oxygens (including phenoxy) is 1. The lowest BCUT2D eigenvalue weighted by Gasteiger charge is -2.29. The number of likely N-dealkylation sites (N-methyl/N-ethyl adjacent to an activating group) is 1. The Balaban J connectivity index is 1.75. The van der Waals surface area contributed by atoms with Gasteiger partial charge in [-0.15, -0.1) is 0 Å². The highest BCUT2D eigenvalue weighted by Gasteiger charge is 2.30. The normalized spacial score (nSPS) is 14.2. The Kier molecular flexibility index (Phi) is 5.53. The summed E-state index contributed by atoms with van der Waals surface area (Å²) in [5.74, 6) is 0.556. The molecule has 0 aliphatic carbocycles. The maximum absolute atomic E-state index is 13.6. The molecule has 0 amide bonds. The third-order valence-electron chi connectivity index (χ3n) is 5.74. The van der Waals surface area contributed by atoms with Crippen molar-refractivity contribution in [2.45, 2.75) is 31.3 Å². The molecule has 0 unspecified atom stereocenters. The smallest absolute Gasteiger partial charge is 0.255 e. The Morgan fingerprint density at radius 3 is 2.58 bits per heavy atom. The van der Waals surface area contributed by atoms with Crippen LogP contribution in [0.2, 0.25) is 0 Å². The molecule has 0 saturated heterocycles. The minimum absolute atomic E-state index is 0.00461. The summed E-state index contributed by atoms with van der Waals surface area (Å²) in [6, 6.07) is 14.0. The Hall–Kier alpha value is -2.84. The maximum Gasteiger partial charge on any atom is 0.255 e. The Bertz CT molecular complexity index is 1300. The number of para-hydroxylation sites is 1. The van der Waals surface area contributed by atoms with Gasteiger partial charge in [0.1, 0.15) is 12.4 Å². The van der Waals surface area contributed by atoms with Gasteiger partial charge in [-0.2, -0.15) is 4.31 Å². The summed E-state index contributed by atoms with van der Waals surface area (Å²) >= 11 is 0. The largest absolute Gasteiger partial charge is 0.490 e. The van der Waals surface area contributed by atoms with E-state index in [1.807, 2.05) is 50.1 Å². The van der Waals surface area contributed by atoms with Gasteiger partial charge in [0.15, 0.2) is 0 Å². The predicted octanol–water partition coefficient (Wildman–Crippen LogP) is 2.97. The van der Waals surface area contributed by atoms with Crippen LogP contribution in [0.5, 0.6) is 5.75 Å². The summed E-state index contributed by atoms with van der Waals surface area (Å²) in [4.78, 5) is 15.1. The van der Waals surface area contributed by atoms with Crippen LogP contribution in [0.3, 0.4) is 0 Å². The van der Waals surface area contributed by atoms with E-state index in [9.17, 15) is 13.2 Å². The van der Waals surface area contributed by atoms with E-state index < -0.39 is 10.0 Å². The minimum Gasteiger partial charge on any atom is -0.490 e. The summed E-state index contributed by atoms with van der Waals surface area (Å²) < 4.78 is 35.7. The molecule has 2 aromatic carbocycles. The second-order valence-electron chi connectivity index (χ2n) is 8.14. The molecule has 3 aromatic rings. The van der Waals surface area contributed by atoms with Crippen LogP contribution in [0.4, 0.5) is 5.69 Å². The molecule has 0 fully saturated rings. The third-order valence-corrected chi connectivity index (χ3v) is 7.76. The van der Waals surface area contributed by atoms with Gasteiger partial charge in [-0.3, -0.25) is 4.79 Å². The van der Waals surface area contributed by atoms with Crippen molar-refractivity contribution in [3.8, 4) is 5.75 Å². The number of rotatable bonds is 5.